The molecule has 2 rings (SSSR count). The molecule has 0 spiro atoms. The highest BCUT2D eigenvalue weighted by atomic mass is 16.6. The Hall–Kier alpha value is -0.870. The van der Waals surface area contributed by atoms with Crippen molar-refractivity contribution in [2.24, 2.45) is 5.92 Å². The van der Waals surface area contributed by atoms with Crippen molar-refractivity contribution in [2.45, 2.75) is 51.0 Å². The zero-order chi connectivity index (χ0) is 12.6. The molecular formula is C13H21NO3. The van der Waals surface area contributed by atoms with E-state index in [0.717, 1.165) is 13.0 Å². The Morgan fingerprint density at radius 3 is 2.65 bits per heavy atom. The highest BCUT2D eigenvalue weighted by Gasteiger charge is 2.45. The molecule has 0 aromatic heterocycles. The van der Waals surface area contributed by atoms with Gasteiger partial charge < -0.3 is 9.47 Å². The van der Waals surface area contributed by atoms with E-state index in [-0.39, 0.29) is 24.2 Å². The van der Waals surface area contributed by atoms with Crippen LogP contribution in [0.2, 0.25) is 0 Å². The minimum absolute atomic E-state index is 0.174. The smallest absolute Gasteiger partial charge is 0.323 e. The van der Waals surface area contributed by atoms with Crippen molar-refractivity contribution < 1.29 is 14.3 Å². The van der Waals surface area contributed by atoms with Crippen molar-refractivity contribution in [3.63, 3.8) is 0 Å². The molecule has 4 nitrogen and oxygen atoms in total. The summed E-state index contributed by atoms with van der Waals surface area (Å²) in [6, 6.07) is -0.0172. The predicted molar refractivity (Wildman–Crippen MR) is 64.6 cm³/mol. The molecule has 2 aliphatic heterocycles. The molecule has 4 atom stereocenters. The quantitative estimate of drug-likeness (QED) is 0.457. The first-order chi connectivity index (χ1) is 7.90. The Morgan fingerprint density at radius 2 is 2.18 bits per heavy atom. The molecule has 2 fully saturated rings. The topological polar surface area (TPSA) is 50.9 Å². The largest absolute Gasteiger partial charge is 0.459 e. The van der Waals surface area contributed by atoms with E-state index in [4.69, 9.17) is 9.47 Å². The molecule has 2 aliphatic rings. The predicted octanol–water partition coefficient (Wildman–Crippen LogP) is 1.26. The maximum atomic E-state index is 12.0. The second-order valence-electron chi connectivity index (χ2n) is 5.79. The number of nitrogens with one attached hydrogen (secondary N) is 1. The summed E-state index contributed by atoms with van der Waals surface area (Å²) in [4.78, 5) is 12.0. The molecule has 0 aromatic carbocycles. The lowest BCUT2D eigenvalue weighted by Crippen LogP contribution is -2.42. The van der Waals surface area contributed by atoms with E-state index in [1.54, 1.807) is 0 Å². The van der Waals surface area contributed by atoms with Crippen molar-refractivity contribution in [1.82, 2.24) is 5.32 Å². The monoisotopic (exact) mass is 239 g/mol. The molecule has 0 aliphatic carbocycles. The number of hydrogen-bond acceptors (Lipinski definition) is 4. The minimum atomic E-state index is -0.434. The number of rotatable bonds is 3. The van der Waals surface area contributed by atoms with Crippen LogP contribution in [0.25, 0.3) is 0 Å². The van der Waals surface area contributed by atoms with Crippen LogP contribution < -0.4 is 5.32 Å². The van der Waals surface area contributed by atoms with E-state index in [0.29, 0.717) is 5.92 Å². The molecule has 2 saturated heterocycles. The van der Waals surface area contributed by atoms with Gasteiger partial charge in [0.1, 0.15) is 11.6 Å². The third-order valence-electron chi connectivity index (χ3n) is 3.12. The van der Waals surface area contributed by atoms with E-state index < -0.39 is 5.60 Å². The van der Waals surface area contributed by atoms with Crippen LogP contribution >= 0.6 is 0 Å². The van der Waals surface area contributed by atoms with Gasteiger partial charge in [0.15, 0.2) is 0 Å². The van der Waals surface area contributed by atoms with Gasteiger partial charge in [0.05, 0.1) is 12.7 Å². The van der Waals surface area contributed by atoms with Crippen LogP contribution in [0.1, 0.15) is 27.2 Å². The Bertz CT molecular complexity index is 317. The SMILES string of the molecule is C=C[C@@H]1CC(C(=O)OC(C)(C)C)N[C@H]1C1CO1. The van der Waals surface area contributed by atoms with Crippen LogP contribution in [0.4, 0.5) is 0 Å². The van der Waals surface area contributed by atoms with E-state index in [1.807, 2.05) is 26.8 Å². The first-order valence-corrected chi connectivity index (χ1v) is 6.14. The number of esters is 1. The van der Waals surface area contributed by atoms with Crippen LogP contribution in [0.5, 0.6) is 0 Å². The number of carbonyl (C=O) groups is 1. The fourth-order valence-corrected chi connectivity index (χ4v) is 2.27. The van der Waals surface area contributed by atoms with Crippen molar-refractivity contribution in [2.75, 3.05) is 6.61 Å². The summed E-state index contributed by atoms with van der Waals surface area (Å²) in [6.45, 7) is 10.2. The Labute approximate surface area is 102 Å². The van der Waals surface area contributed by atoms with Gasteiger partial charge in [0, 0.05) is 6.04 Å². The Balaban J connectivity index is 1.95. The number of epoxide rings is 1. The van der Waals surface area contributed by atoms with E-state index in [9.17, 15) is 4.79 Å². The van der Waals surface area contributed by atoms with Crippen molar-refractivity contribution in [1.29, 1.82) is 0 Å². The summed E-state index contributed by atoms with van der Waals surface area (Å²) >= 11 is 0. The Morgan fingerprint density at radius 1 is 1.53 bits per heavy atom. The van der Waals surface area contributed by atoms with E-state index >= 15 is 0 Å². The lowest BCUT2D eigenvalue weighted by atomic mass is 9.97. The fourth-order valence-electron chi connectivity index (χ4n) is 2.27. The molecule has 0 saturated carbocycles. The molecule has 0 bridgehead atoms. The van der Waals surface area contributed by atoms with Gasteiger partial charge in [-0.1, -0.05) is 6.08 Å². The van der Waals surface area contributed by atoms with Gasteiger partial charge in [0.25, 0.3) is 0 Å². The molecule has 0 aromatic rings. The maximum absolute atomic E-state index is 12.0. The van der Waals surface area contributed by atoms with Gasteiger partial charge in [-0.05, 0) is 33.1 Å². The summed E-state index contributed by atoms with van der Waals surface area (Å²) in [6.07, 6.45) is 2.90. The molecule has 4 heteroatoms. The molecule has 2 unspecified atom stereocenters. The third kappa shape index (κ3) is 3.07. The zero-order valence-corrected chi connectivity index (χ0v) is 10.7. The van der Waals surface area contributed by atoms with E-state index in [2.05, 4.69) is 11.9 Å². The van der Waals surface area contributed by atoms with Gasteiger partial charge in [0.2, 0.25) is 0 Å². The molecule has 96 valence electrons. The average Bonchev–Trinajstić information content (AvgIpc) is 2.95. The van der Waals surface area contributed by atoms with E-state index in [1.165, 1.54) is 0 Å². The number of ether oxygens (including phenoxy) is 2. The van der Waals surface area contributed by atoms with Gasteiger partial charge in [-0.3, -0.25) is 10.1 Å². The summed E-state index contributed by atoms with van der Waals surface area (Å²) < 4.78 is 10.7. The molecule has 0 amide bonds. The molecule has 1 N–H and O–H groups in total. The average molecular weight is 239 g/mol. The molecular weight excluding hydrogens is 218 g/mol. The summed E-state index contributed by atoms with van der Waals surface area (Å²) in [5.41, 5.74) is -0.434. The first-order valence-electron chi connectivity index (χ1n) is 6.14. The first kappa shape index (κ1) is 12.6. The molecule has 0 radical (unpaired) electrons. The van der Waals surface area contributed by atoms with Crippen LogP contribution in [-0.4, -0.2) is 36.4 Å². The van der Waals surface area contributed by atoms with Gasteiger partial charge >= 0.3 is 5.97 Å². The lowest BCUT2D eigenvalue weighted by molar-refractivity contribution is -0.157. The second kappa shape index (κ2) is 4.42. The van der Waals surface area contributed by atoms with Crippen LogP contribution in [0.3, 0.4) is 0 Å². The summed E-state index contributed by atoms with van der Waals surface area (Å²) in [7, 11) is 0. The highest BCUT2D eigenvalue weighted by Crippen LogP contribution is 2.31. The molecule has 2 heterocycles. The zero-order valence-electron chi connectivity index (χ0n) is 10.7. The lowest BCUT2D eigenvalue weighted by Gasteiger charge is -2.22. The summed E-state index contributed by atoms with van der Waals surface area (Å²) in [5, 5.41) is 3.31. The second-order valence-corrected chi connectivity index (χ2v) is 5.79. The van der Waals surface area contributed by atoms with Crippen molar-refractivity contribution in [3.8, 4) is 0 Å². The molecule has 17 heavy (non-hydrogen) atoms. The number of carbonyl (C=O) groups excluding carboxylic acids is 1. The maximum Gasteiger partial charge on any atom is 0.323 e. The van der Waals surface area contributed by atoms with Gasteiger partial charge in [-0.2, -0.15) is 0 Å². The van der Waals surface area contributed by atoms with Crippen molar-refractivity contribution >= 4 is 5.97 Å². The van der Waals surface area contributed by atoms with Gasteiger partial charge in [-0.25, -0.2) is 0 Å². The minimum Gasteiger partial charge on any atom is -0.459 e. The van der Waals surface area contributed by atoms with Crippen LogP contribution in [-0.2, 0) is 14.3 Å². The standard InChI is InChI=1S/C13H21NO3/c1-5-8-6-9(12(15)17-13(2,3)4)14-11(8)10-7-16-10/h5,8-11,14H,1,6-7H2,2-4H3/t8-,9?,10?,11-/m1/s1. The summed E-state index contributed by atoms with van der Waals surface area (Å²) in [5.74, 6) is 0.118. The van der Waals surface area contributed by atoms with Crippen molar-refractivity contribution in [3.05, 3.63) is 12.7 Å². The highest BCUT2D eigenvalue weighted by molar-refractivity contribution is 5.76. The number of hydrogen-bond donors (Lipinski definition) is 1. The Kier molecular flexibility index (Phi) is 3.27. The van der Waals surface area contributed by atoms with Crippen LogP contribution in [0.15, 0.2) is 12.7 Å². The third-order valence-corrected chi connectivity index (χ3v) is 3.12. The van der Waals surface area contributed by atoms with Gasteiger partial charge in [-0.15, -0.1) is 6.58 Å². The fraction of sp³-hybridized carbons (Fsp3) is 0.769. The normalized spacial score (nSPS) is 36.6. The van der Waals surface area contributed by atoms with Crippen LogP contribution in [0, 0.1) is 5.92 Å².